The molecule has 0 aromatic carbocycles. The molecule has 0 radical (unpaired) electrons. The number of thiocarbonyl (C=S) groups is 1. The Morgan fingerprint density at radius 1 is 1.38 bits per heavy atom. The molecule has 1 heterocycles. The van der Waals surface area contributed by atoms with Gasteiger partial charge in [-0.2, -0.15) is 0 Å². The largest absolute Gasteiger partial charge is 0.261 e. The average Bonchev–Trinajstić information content (AvgIpc) is 2.14. The fraction of sp³-hybridized carbons (Fsp3) is 0.400. The van der Waals surface area contributed by atoms with Crippen LogP contribution in [-0.2, 0) is 6.42 Å². The van der Waals surface area contributed by atoms with Gasteiger partial charge in [0.1, 0.15) is 0 Å². The smallest absolute Gasteiger partial charge is 0.0448 e. The SMILES string of the molecule is S=C(S)CCCCc1ccccn1. The summed E-state index contributed by atoms with van der Waals surface area (Å²) in [4.78, 5) is 4.24. The van der Waals surface area contributed by atoms with Gasteiger partial charge in [0.05, 0.1) is 0 Å². The van der Waals surface area contributed by atoms with Gasteiger partial charge in [0, 0.05) is 16.1 Å². The number of unbranched alkanes of at least 4 members (excludes halogenated alkanes) is 1. The minimum Gasteiger partial charge on any atom is -0.261 e. The number of pyridine rings is 1. The van der Waals surface area contributed by atoms with Crippen LogP contribution in [0.4, 0.5) is 0 Å². The van der Waals surface area contributed by atoms with E-state index in [4.69, 9.17) is 12.2 Å². The fourth-order valence-corrected chi connectivity index (χ4v) is 1.43. The highest BCUT2D eigenvalue weighted by Crippen LogP contribution is 2.05. The zero-order chi connectivity index (χ0) is 9.52. The molecule has 0 spiro atoms. The molecule has 3 heteroatoms. The fourth-order valence-electron chi connectivity index (χ4n) is 1.13. The maximum atomic E-state index is 4.87. The second-order valence-corrected chi connectivity index (χ2v) is 4.26. The maximum absolute atomic E-state index is 4.87. The standard InChI is InChI=1S/C10H13NS2/c12-10(13)7-2-1-5-9-6-3-4-8-11-9/h3-4,6,8H,1-2,5,7H2,(H,12,13). The van der Waals surface area contributed by atoms with Gasteiger partial charge in [0.25, 0.3) is 0 Å². The van der Waals surface area contributed by atoms with Gasteiger partial charge in [-0.1, -0.05) is 18.3 Å². The molecule has 0 saturated heterocycles. The van der Waals surface area contributed by atoms with Crippen molar-refractivity contribution in [3.05, 3.63) is 30.1 Å². The van der Waals surface area contributed by atoms with Crippen LogP contribution in [0.5, 0.6) is 0 Å². The second kappa shape index (κ2) is 6.11. The van der Waals surface area contributed by atoms with Gasteiger partial charge in [-0.3, -0.25) is 4.98 Å². The van der Waals surface area contributed by atoms with Crippen LogP contribution in [0.3, 0.4) is 0 Å². The molecule has 0 unspecified atom stereocenters. The zero-order valence-electron chi connectivity index (χ0n) is 7.44. The normalized spacial score (nSPS) is 9.92. The lowest BCUT2D eigenvalue weighted by Gasteiger charge is -1.99. The van der Waals surface area contributed by atoms with Crippen molar-refractivity contribution >= 4 is 29.0 Å². The van der Waals surface area contributed by atoms with Gasteiger partial charge >= 0.3 is 0 Å². The van der Waals surface area contributed by atoms with Gasteiger partial charge in [-0.15, -0.1) is 12.6 Å². The predicted octanol–water partition coefficient (Wildman–Crippen LogP) is 3.05. The molecule has 0 aliphatic rings. The predicted molar refractivity (Wildman–Crippen MR) is 63.4 cm³/mol. The van der Waals surface area contributed by atoms with Crippen LogP contribution in [0.15, 0.2) is 24.4 Å². The number of thiol groups is 1. The molecule has 0 atom stereocenters. The molecule has 13 heavy (non-hydrogen) atoms. The molecule has 1 aromatic rings. The van der Waals surface area contributed by atoms with Crippen molar-refractivity contribution in [1.29, 1.82) is 0 Å². The van der Waals surface area contributed by atoms with Crippen LogP contribution >= 0.6 is 24.8 Å². The molecule has 1 rings (SSSR count). The second-order valence-electron chi connectivity index (χ2n) is 2.92. The molecule has 1 aromatic heterocycles. The number of aromatic nitrogens is 1. The van der Waals surface area contributed by atoms with E-state index < -0.39 is 0 Å². The Kier molecular flexibility index (Phi) is 5.01. The van der Waals surface area contributed by atoms with E-state index >= 15 is 0 Å². The Balaban J connectivity index is 2.17. The van der Waals surface area contributed by atoms with Gasteiger partial charge in [-0.25, -0.2) is 0 Å². The summed E-state index contributed by atoms with van der Waals surface area (Å²) < 4.78 is 0.807. The minimum absolute atomic E-state index is 0.807. The van der Waals surface area contributed by atoms with Gasteiger partial charge < -0.3 is 0 Å². The Morgan fingerprint density at radius 3 is 2.85 bits per heavy atom. The van der Waals surface area contributed by atoms with Crippen molar-refractivity contribution in [3.8, 4) is 0 Å². The Bertz CT molecular complexity index is 259. The summed E-state index contributed by atoms with van der Waals surface area (Å²) in [6.07, 6.45) is 6.05. The van der Waals surface area contributed by atoms with E-state index in [0.717, 1.165) is 35.6 Å². The molecule has 0 N–H and O–H groups in total. The van der Waals surface area contributed by atoms with Gasteiger partial charge in [-0.05, 0) is 37.8 Å². The molecule has 0 amide bonds. The third-order valence-electron chi connectivity index (χ3n) is 1.80. The summed E-state index contributed by atoms with van der Waals surface area (Å²) in [6.45, 7) is 0. The highest BCUT2D eigenvalue weighted by atomic mass is 32.1. The first-order valence-corrected chi connectivity index (χ1v) is 5.26. The number of nitrogens with zero attached hydrogens (tertiary/aromatic N) is 1. The van der Waals surface area contributed by atoms with E-state index in [1.54, 1.807) is 0 Å². The quantitative estimate of drug-likeness (QED) is 0.457. The number of hydrogen-bond donors (Lipinski definition) is 1. The molecule has 0 aliphatic heterocycles. The van der Waals surface area contributed by atoms with E-state index in [0.29, 0.717) is 0 Å². The average molecular weight is 211 g/mol. The molecule has 0 fully saturated rings. The number of aryl methyl sites for hydroxylation is 1. The number of rotatable bonds is 5. The minimum atomic E-state index is 0.807. The van der Waals surface area contributed by atoms with E-state index in [9.17, 15) is 0 Å². The zero-order valence-corrected chi connectivity index (χ0v) is 9.15. The van der Waals surface area contributed by atoms with E-state index in [2.05, 4.69) is 23.7 Å². The topological polar surface area (TPSA) is 12.9 Å². The lowest BCUT2D eigenvalue weighted by Crippen LogP contribution is -1.90. The summed E-state index contributed by atoms with van der Waals surface area (Å²) in [5.74, 6) is 0. The summed E-state index contributed by atoms with van der Waals surface area (Å²) in [5, 5.41) is 0. The van der Waals surface area contributed by atoms with Crippen molar-refractivity contribution in [1.82, 2.24) is 4.98 Å². The third-order valence-corrected chi connectivity index (χ3v) is 2.23. The highest BCUT2D eigenvalue weighted by molar-refractivity contribution is 8.11. The highest BCUT2D eigenvalue weighted by Gasteiger charge is 1.94. The Labute approximate surface area is 90.0 Å². The van der Waals surface area contributed by atoms with E-state index in [-0.39, 0.29) is 0 Å². The Hall–Kier alpha value is -0.410. The van der Waals surface area contributed by atoms with Crippen molar-refractivity contribution in [2.75, 3.05) is 0 Å². The van der Waals surface area contributed by atoms with Crippen LogP contribution < -0.4 is 0 Å². The lowest BCUT2D eigenvalue weighted by atomic mass is 10.1. The monoisotopic (exact) mass is 211 g/mol. The van der Waals surface area contributed by atoms with Gasteiger partial charge in [0.15, 0.2) is 0 Å². The molecule has 0 saturated carbocycles. The maximum Gasteiger partial charge on any atom is 0.0448 e. The molecular weight excluding hydrogens is 198 g/mol. The summed E-state index contributed by atoms with van der Waals surface area (Å²) in [5.41, 5.74) is 1.16. The molecule has 0 aliphatic carbocycles. The molecule has 70 valence electrons. The van der Waals surface area contributed by atoms with Crippen molar-refractivity contribution in [2.24, 2.45) is 0 Å². The lowest BCUT2D eigenvalue weighted by molar-refractivity contribution is 0.753. The number of hydrogen-bond acceptors (Lipinski definition) is 2. The first-order valence-electron chi connectivity index (χ1n) is 4.41. The Morgan fingerprint density at radius 2 is 2.23 bits per heavy atom. The molecule has 1 nitrogen and oxygen atoms in total. The van der Waals surface area contributed by atoms with Gasteiger partial charge in [0.2, 0.25) is 0 Å². The van der Waals surface area contributed by atoms with Crippen LogP contribution in [0, 0.1) is 0 Å². The summed E-state index contributed by atoms with van der Waals surface area (Å²) in [6, 6.07) is 6.01. The van der Waals surface area contributed by atoms with Crippen molar-refractivity contribution in [2.45, 2.75) is 25.7 Å². The van der Waals surface area contributed by atoms with Crippen LogP contribution in [0.25, 0.3) is 0 Å². The molecular formula is C10H13NS2. The van der Waals surface area contributed by atoms with Crippen LogP contribution in [0.1, 0.15) is 25.0 Å². The van der Waals surface area contributed by atoms with Crippen molar-refractivity contribution in [3.63, 3.8) is 0 Å². The van der Waals surface area contributed by atoms with Crippen LogP contribution in [0.2, 0.25) is 0 Å². The van der Waals surface area contributed by atoms with Crippen LogP contribution in [-0.4, -0.2) is 9.18 Å². The summed E-state index contributed by atoms with van der Waals surface area (Å²) >= 11 is 8.95. The first kappa shape index (κ1) is 10.7. The third kappa shape index (κ3) is 5.01. The van der Waals surface area contributed by atoms with Crippen molar-refractivity contribution < 1.29 is 0 Å². The first-order chi connectivity index (χ1) is 6.29. The van der Waals surface area contributed by atoms with E-state index in [1.165, 1.54) is 0 Å². The molecule has 0 bridgehead atoms. The summed E-state index contributed by atoms with van der Waals surface area (Å²) in [7, 11) is 0. The van der Waals surface area contributed by atoms with E-state index in [1.807, 2.05) is 18.3 Å².